The van der Waals surface area contributed by atoms with Crippen molar-refractivity contribution in [2.24, 2.45) is 23.5 Å². The molecule has 0 aromatic rings. The topological polar surface area (TPSA) is 26.0 Å². The Hall–Kier alpha value is -0.560. The van der Waals surface area contributed by atoms with Crippen LogP contribution in [0.25, 0.3) is 0 Å². The summed E-state index contributed by atoms with van der Waals surface area (Å²) in [6.45, 7) is 14.1. The Labute approximate surface area is 108 Å². The van der Waals surface area contributed by atoms with E-state index in [0.717, 1.165) is 24.8 Å². The number of hydrogen-bond acceptors (Lipinski definition) is 1. The van der Waals surface area contributed by atoms with Crippen LogP contribution >= 0.6 is 0 Å². The zero-order chi connectivity index (χ0) is 13.3. The van der Waals surface area contributed by atoms with Crippen LogP contribution in [0.2, 0.25) is 0 Å². The van der Waals surface area contributed by atoms with Crippen molar-refractivity contribution in [2.45, 2.75) is 53.4 Å². The Balaban J connectivity index is 3.92. The van der Waals surface area contributed by atoms with Crippen LogP contribution in [0, 0.1) is 17.8 Å². The maximum Gasteiger partial charge on any atom is -0.00425 e. The normalized spacial score (nSPS) is 17.0. The van der Waals surface area contributed by atoms with Crippen molar-refractivity contribution < 1.29 is 0 Å². The highest BCUT2D eigenvalue weighted by Crippen LogP contribution is 2.24. The smallest absolute Gasteiger partial charge is 0.00425 e. The van der Waals surface area contributed by atoms with Gasteiger partial charge in [0.15, 0.2) is 0 Å². The van der Waals surface area contributed by atoms with Gasteiger partial charge in [0.1, 0.15) is 0 Å². The van der Waals surface area contributed by atoms with E-state index in [9.17, 15) is 0 Å². The average molecular weight is 237 g/mol. The third-order valence-corrected chi connectivity index (χ3v) is 3.97. The molecule has 0 saturated carbocycles. The number of hydrogen-bond donors (Lipinski definition) is 1. The maximum absolute atomic E-state index is 5.46. The summed E-state index contributed by atoms with van der Waals surface area (Å²) in [5.74, 6) is 2.25. The van der Waals surface area contributed by atoms with Gasteiger partial charge in [-0.1, -0.05) is 58.4 Å². The van der Waals surface area contributed by atoms with Crippen LogP contribution in [0.3, 0.4) is 0 Å². The van der Waals surface area contributed by atoms with Gasteiger partial charge in [-0.3, -0.25) is 0 Å². The van der Waals surface area contributed by atoms with Gasteiger partial charge in [-0.25, -0.2) is 0 Å². The van der Waals surface area contributed by atoms with Gasteiger partial charge in [0.05, 0.1) is 0 Å². The summed E-state index contributed by atoms with van der Waals surface area (Å²) in [4.78, 5) is 0. The van der Waals surface area contributed by atoms with Crippen molar-refractivity contribution in [3.63, 3.8) is 0 Å². The van der Waals surface area contributed by atoms with Crippen molar-refractivity contribution >= 4 is 0 Å². The lowest BCUT2D eigenvalue weighted by atomic mass is 9.85. The first-order chi connectivity index (χ1) is 8.02. The first-order valence-electron chi connectivity index (χ1n) is 7.08. The van der Waals surface area contributed by atoms with Gasteiger partial charge < -0.3 is 5.73 Å². The standard InChI is InChI=1S/C16H31N/c1-6-13(2)15(4)10-11-16(5)14(3)9-7-8-12-17/h7,9,13,15-16H,3,6,8,10-12,17H2,1-2,4-5H3/b9-7-. The lowest BCUT2D eigenvalue weighted by Crippen LogP contribution is -2.09. The molecular formula is C16H31N. The molecule has 0 aromatic carbocycles. The molecule has 1 heteroatoms. The predicted molar refractivity (Wildman–Crippen MR) is 79.0 cm³/mol. The van der Waals surface area contributed by atoms with Gasteiger partial charge in [0.2, 0.25) is 0 Å². The van der Waals surface area contributed by atoms with E-state index in [-0.39, 0.29) is 0 Å². The summed E-state index contributed by atoms with van der Waals surface area (Å²) in [5, 5.41) is 0. The van der Waals surface area contributed by atoms with E-state index in [2.05, 4.69) is 46.4 Å². The minimum Gasteiger partial charge on any atom is -0.330 e. The van der Waals surface area contributed by atoms with E-state index in [0.29, 0.717) is 5.92 Å². The Morgan fingerprint density at radius 1 is 1.18 bits per heavy atom. The number of allylic oxidation sites excluding steroid dienone is 2. The Kier molecular flexibility index (Phi) is 9.16. The molecule has 3 unspecified atom stereocenters. The minimum absolute atomic E-state index is 0.593. The molecule has 0 amide bonds. The van der Waals surface area contributed by atoms with Gasteiger partial charge in [-0.05, 0) is 43.6 Å². The maximum atomic E-state index is 5.46. The number of rotatable bonds is 9. The van der Waals surface area contributed by atoms with Crippen molar-refractivity contribution in [3.8, 4) is 0 Å². The quantitative estimate of drug-likeness (QED) is 0.585. The van der Waals surface area contributed by atoms with Crippen LogP contribution in [0.1, 0.15) is 53.4 Å². The molecule has 0 fully saturated rings. The molecule has 0 aromatic heterocycles. The van der Waals surface area contributed by atoms with Gasteiger partial charge in [-0.2, -0.15) is 0 Å². The summed E-state index contributed by atoms with van der Waals surface area (Å²) in [5.41, 5.74) is 6.70. The Morgan fingerprint density at radius 3 is 2.35 bits per heavy atom. The molecule has 0 radical (unpaired) electrons. The molecule has 17 heavy (non-hydrogen) atoms. The largest absolute Gasteiger partial charge is 0.330 e. The molecule has 0 aliphatic carbocycles. The summed E-state index contributed by atoms with van der Waals surface area (Å²) in [7, 11) is 0. The van der Waals surface area contributed by atoms with E-state index in [1.54, 1.807) is 0 Å². The second-order valence-electron chi connectivity index (χ2n) is 5.40. The molecule has 0 aliphatic rings. The fraction of sp³-hybridized carbons (Fsp3) is 0.750. The first kappa shape index (κ1) is 16.4. The lowest BCUT2D eigenvalue weighted by Gasteiger charge is -2.20. The second-order valence-corrected chi connectivity index (χ2v) is 5.40. The summed E-state index contributed by atoms with van der Waals surface area (Å²) in [6, 6.07) is 0. The molecule has 1 nitrogen and oxygen atoms in total. The van der Waals surface area contributed by atoms with E-state index in [4.69, 9.17) is 5.73 Å². The Morgan fingerprint density at radius 2 is 1.82 bits per heavy atom. The second kappa shape index (κ2) is 9.47. The van der Waals surface area contributed by atoms with E-state index in [1.807, 2.05) is 0 Å². The average Bonchev–Trinajstić information content (AvgIpc) is 2.34. The monoisotopic (exact) mass is 237 g/mol. The van der Waals surface area contributed by atoms with Crippen molar-refractivity contribution in [2.75, 3.05) is 6.54 Å². The molecule has 0 spiro atoms. The van der Waals surface area contributed by atoms with Crippen LogP contribution < -0.4 is 5.73 Å². The Bertz CT molecular complexity index is 230. The van der Waals surface area contributed by atoms with E-state index >= 15 is 0 Å². The fourth-order valence-electron chi connectivity index (χ4n) is 1.88. The molecule has 3 atom stereocenters. The first-order valence-corrected chi connectivity index (χ1v) is 7.08. The molecule has 2 N–H and O–H groups in total. The van der Waals surface area contributed by atoms with Crippen molar-refractivity contribution in [3.05, 3.63) is 24.3 Å². The third-order valence-electron chi connectivity index (χ3n) is 3.97. The minimum atomic E-state index is 0.593. The third kappa shape index (κ3) is 7.38. The highest BCUT2D eigenvalue weighted by molar-refractivity contribution is 5.16. The van der Waals surface area contributed by atoms with Crippen LogP contribution in [-0.4, -0.2) is 6.54 Å². The van der Waals surface area contributed by atoms with E-state index < -0.39 is 0 Å². The molecule has 0 saturated heterocycles. The van der Waals surface area contributed by atoms with Gasteiger partial charge in [0, 0.05) is 0 Å². The predicted octanol–water partition coefficient (Wildman–Crippen LogP) is 4.55. The van der Waals surface area contributed by atoms with Crippen molar-refractivity contribution in [1.29, 1.82) is 0 Å². The van der Waals surface area contributed by atoms with Crippen LogP contribution in [-0.2, 0) is 0 Å². The molecular weight excluding hydrogens is 206 g/mol. The summed E-state index contributed by atoms with van der Waals surface area (Å²) < 4.78 is 0. The SMILES string of the molecule is C=C(/C=C\CCN)C(C)CCC(C)C(C)CC. The van der Waals surface area contributed by atoms with Crippen LogP contribution in [0.4, 0.5) is 0 Å². The molecule has 0 rings (SSSR count). The van der Waals surface area contributed by atoms with Crippen LogP contribution in [0.5, 0.6) is 0 Å². The van der Waals surface area contributed by atoms with Crippen LogP contribution in [0.15, 0.2) is 24.3 Å². The highest BCUT2D eigenvalue weighted by atomic mass is 14.5. The number of nitrogens with two attached hydrogens (primary N) is 1. The van der Waals surface area contributed by atoms with Gasteiger partial charge >= 0.3 is 0 Å². The van der Waals surface area contributed by atoms with Gasteiger partial charge in [0.25, 0.3) is 0 Å². The lowest BCUT2D eigenvalue weighted by molar-refractivity contribution is 0.334. The fourth-order valence-corrected chi connectivity index (χ4v) is 1.88. The molecule has 0 heterocycles. The van der Waals surface area contributed by atoms with Gasteiger partial charge in [-0.15, -0.1) is 0 Å². The summed E-state index contributed by atoms with van der Waals surface area (Å²) >= 11 is 0. The molecule has 0 aliphatic heterocycles. The molecule has 0 bridgehead atoms. The van der Waals surface area contributed by atoms with E-state index in [1.165, 1.54) is 24.8 Å². The zero-order valence-electron chi connectivity index (χ0n) is 12.2. The van der Waals surface area contributed by atoms with Crippen molar-refractivity contribution in [1.82, 2.24) is 0 Å². The molecule has 100 valence electrons. The summed E-state index contributed by atoms with van der Waals surface area (Å²) in [6.07, 6.45) is 9.07. The zero-order valence-corrected chi connectivity index (χ0v) is 12.2. The highest BCUT2D eigenvalue weighted by Gasteiger charge is 2.12.